The fourth-order valence-corrected chi connectivity index (χ4v) is 2.64. The van der Waals surface area contributed by atoms with Crippen LogP contribution in [0.4, 0.5) is 0 Å². The van der Waals surface area contributed by atoms with Crippen molar-refractivity contribution in [1.29, 1.82) is 0 Å². The molecule has 1 aliphatic carbocycles. The Morgan fingerprint density at radius 3 is 2.44 bits per heavy atom. The van der Waals surface area contributed by atoms with Crippen LogP contribution in [0.2, 0.25) is 0 Å². The van der Waals surface area contributed by atoms with Crippen LogP contribution in [0.25, 0.3) is 5.70 Å². The smallest absolute Gasteiger partial charge is 0.176 e. The third-order valence-electron chi connectivity index (χ3n) is 3.74. The van der Waals surface area contributed by atoms with E-state index in [-0.39, 0.29) is 0 Å². The molecule has 1 aromatic rings. The number of hydrogen-bond acceptors (Lipinski definition) is 4. The molecule has 3 rings (SSSR count). The molecule has 1 saturated carbocycles. The van der Waals surface area contributed by atoms with E-state index >= 15 is 0 Å². The van der Waals surface area contributed by atoms with Gasteiger partial charge in [0.1, 0.15) is 5.70 Å². The first-order chi connectivity index (χ1) is 8.80. The van der Waals surface area contributed by atoms with Crippen LogP contribution in [0.3, 0.4) is 0 Å². The molecule has 1 aromatic carbocycles. The third-order valence-corrected chi connectivity index (χ3v) is 3.74. The second kappa shape index (κ2) is 4.53. The van der Waals surface area contributed by atoms with Gasteiger partial charge in [-0.15, -0.1) is 0 Å². The van der Waals surface area contributed by atoms with Gasteiger partial charge in [-0.1, -0.05) is 36.8 Å². The monoisotopic (exact) mass is 243 g/mol. The minimum Gasteiger partial charge on any atom is -0.286 e. The first kappa shape index (κ1) is 11.4. The second-order valence-electron chi connectivity index (χ2n) is 4.97. The maximum absolute atomic E-state index is 10.2. The van der Waals surface area contributed by atoms with Crippen LogP contribution in [-0.4, -0.2) is 15.9 Å². The van der Waals surface area contributed by atoms with Crippen LogP contribution in [0.5, 0.6) is 0 Å². The van der Waals surface area contributed by atoms with Gasteiger partial charge in [-0.25, -0.2) is 5.06 Å². The fraction of sp³-hybridized carbons (Fsp3) is 0.429. The summed E-state index contributed by atoms with van der Waals surface area (Å²) in [6.45, 7) is 0. The van der Waals surface area contributed by atoms with Crippen LogP contribution in [0.15, 0.2) is 46.8 Å². The molecule has 0 bridgehead atoms. The summed E-state index contributed by atoms with van der Waals surface area (Å²) >= 11 is 0. The van der Waals surface area contributed by atoms with Gasteiger partial charge in [0.05, 0.1) is 6.20 Å². The van der Waals surface area contributed by atoms with Gasteiger partial charge in [-0.2, -0.15) is 10.2 Å². The number of hydrogen-bond donors (Lipinski definition) is 1. The van der Waals surface area contributed by atoms with E-state index in [0.717, 1.165) is 31.2 Å². The van der Waals surface area contributed by atoms with E-state index in [1.165, 1.54) is 11.5 Å². The molecule has 1 spiro atoms. The lowest BCUT2D eigenvalue weighted by Gasteiger charge is -2.39. The molecule has 0 aromatic heterocycles. The van der Waals surface area contributed by atoms with E-state index in [1.54, 1.807) is 6.20 Å². The molecule has 0 radical (unpaired) electrons. The Morgan fingerprint density at radius 2 is 1.78 bits per heavy atom. The van der Waals surface area contributed by atoms with Gasteiger partial charge in [-0.3, -0.25) is 5.21 Å². The Kier molecular flexibility index (Phi) is 2.88. The zero-order valence-corrected chi connectivity index (χ0v) is 10.3. The summed E-state index contributed by atoms with van der Waals surface area (Å²) in [6, 6.07) is 9.81. The molecular formula is C14H17N3O. The minimum atomic E-state index is -0.503. The van der Waals surface area contributed by atoms with Crippen LogP contribution in [-0.2, 0) is 0 Å². The molecule has 2 aliphatic rings. The van der Waals surface area contributed by atoms with Gasteiger partial charge in [-0.05, 0) is 25.7 Å². The molecule has 0 unspecified atom stereocenters. The van der Waals surface area contributed by atoms with Crippen molar-refractivity contribution in [1.82, 2.24) is 5.06 Å². The summed E-state index contributed by atoms with van der Waals surface area (Å²) in [7, 11) is 0. The quantitative estimate of drug-likeness (QED) is 0.815. The molecule has 1 fully saturated rings. The summed E-state index contributed by atoms with van der Waals surface area (Å²) in [6.07, 6.45) is 6.89. The summed E-state index contributed by atoms with van der Waals surface area (Å²) in [5.41, 5.74) is 1.19. The molecule has 4 heteroatoms. The molecule has 4 nitrogen and oxygen atoms in total. The van der Waals surface area contributed by atoms with Crippen molar-refractivity contribution < 1.29 is 5.21 Å². The van der Waals surface area contributed by atoms with Crippen molar-refractivity contribution in [2.45, 2.75) is 37.8 Å². The maximum Gasteiger partial charge on any atom is 0.176 e. The highest BCUT2D eigenvalue weighted by Gasteiger charge is 2.39. The molecule has 0 amide bonds. The lowest BCUT2D eigenvalue weighted by atomic mass is 9.89. The van der Waals surface area contributed by atoms with E-state index < -0.39 is 5.66 Å². The van der Waals surface area contributed by atoms with E-state index in [2.05, 4.69) is 10.2 Å². The van der Waals surface area contributed by atoms with Crippen LogP contribution in [0, 0.1) is 0 Å². The average Bonchev–Trinajstić information content (AvgIpc) is 2.44. The number of rotatable bonds is 1. The Bertz CT molecular complexity index is 475. The minimum absolute atomic E-state index is 0.503. The summed E-state index contributed by atoms with van der Waals surface area (Å²) < 4.78 is 0. The van der Waals surface area contributed by atoms with Crippen LogP contribution >= 0.6 is 0 Å². The van der Waals surface area contributed by atoms with Gasteiger partial charge in [0.25, 0.3) is 0 Å². The molecule has 94 valence electrons. The summed E-state index contributed by atoms with van der Waals surface area (Å²) in [5, 5.41) is 20.2. The zero-order chi connectivity index (χ0) is 12.4. The maximum atomic E-state index is 10.2. The standard InChI is InChI=1S/C14H17N3O/c18-17-11-13(12-7-3-1-4-8-12)15-16-14(17)9-5-2-6-10-14/h1,3-4,7-8,11,18H,2,5-6,9-10H2. The van der Waals surface area contributed by atoms with Crippen molar-refractivity contribution in [2.75, 3.05) is 0 Å². The third kappa shape index (κ3) is 1.93. The highest BCUT2D eigenvalue weighted by Crippen LogP contribution is 2.38. The Labute approximate surface area is 107 Å². The van der Waals surface area contributed by atoms with E-state index in [9.17, 15) is 5.21 Å². The molecule has 1 N–H and O–H groups in total. The normalized spacial score (nSPS) is 22.1. The first-order valence-electron chi connectivity index (χ1n) is 6.49. The van der Waals surface area contributed by atoms with Crippen LogP contribution in [0.1, 0.15) is 37.7 Å². The predicted octanol–water partition coefficient (Wildman–Crippen LogP) is 3.80. The number of nitrogens with zero attached hydrogens (tertiary/aromatic N) is 3. The number of azo groups is 1. The SMILES string of the molecule is ON1C=C(c2ccccc2)N=NC12CCCCC2. The molecule has 1 heterocycles. The Balaban J connectivity index is 1.86. The van der Waals surface area contributed by atoms with Gasteiger partial charge in [0.2, 0.25) is 0 Å². The van der Waals surface area contributed by atoms with E-state index in [4.69, 9.17) is 0 Å². The Hall–Kier alpha value is -1.68. The lowest BCUT2D eigenvalue weighted by molar-refractivity contribution is -0.145. The second-order valence-corrected chi connectivity index (χ2v) is 4.97. The molecule has 0 saturated heterocycles. The highest BCUT2D eigenvalue weighted by atomic mass is 16.5. The molecule has 1 aliphatic heterocycles. The highest BCUT2D eigenvalue weighted by molar-refractivity contribution is 5.64. The first-order valence-corrected chi connectivity index (χ1v) is 6.49. The number of hydroxylamine groups is 2. The van der Waals surface area contributed by atoms with Crippen molar-refractivity contribution in [3.05, 3.63) is 42.1 Å². The fourth-order valence-electron chi connectivity index (χ4n) is 2.64. The van der Waals surface area contributed by atoms with Gasteiger partial charge >= 0.3 is 0 Å². The summed E-state index contributed by atoms with van der Waals surface area (Å²) in [4.78, 5) is 0. The van der Waals surface area contributed by atoms with Crippen molar-refractivity contribution in [3.8, 4) is 0 Å². The topological polar surface area (TPSA) is 48.2 Å². The largest absolute Gasteiger partial charge is 0.286 e. The van der Waals surface area contributed by atoms with Crippen molar-refractivity contribution in [3.63, 3.8) is 0 Å². The Morgan fingerprint density at radius 1 is 1.06 bits per heavy atom. The molecule has 18 heavy (non-hydrogen) atoms. The van der Waals surface area contributed by atoms with E-state index in [1.807, 2.05) is 30.3 Å². The van der Waals surface area contributed by atoms with Gasteiger partial charge in [0, 0.05) is 5.56 Å². The van der Waals surface area contributed by atoms with Crippen molar-refractivity contribution >= 4 is 5.70 Å². The predicted molar refractivity (Wildman–Crippen MR) is 68.7 cm³/mol. The van der Waals surface area contributed by atoms with Gasteiger partial charge in [0.15, 0.2) is 5.66 Å². The lowest BCUT2D eigenvalue weighted by Crippen LogP contribution is -2.44. The summed E-state index contributed by atoms with van der Waals surface area (Å²) in [5.74, 6) is 0. The van der Waals surface area contributed by atoms with Gasteiger partial charge < -0.3 is 0 Å². The average molecular weight is 243 g/mol. The zero-order valence-electron chi connectivity index (χ0n) is 10.3. The number of benzene rings is 1. The van der Waals surface area contributed by atoms with Crippen LogP contribution < -0.4 is 0 Å². The molecule has 0 atom stereocenters. The van der Waals surface area contributed by atoms with E-state index in [0.29, 0.717) is 5.70 Å². The van der Waals surface area contributed by atoms with Crippen molar-refractivity contribution in [2.24, 2.45) is 10.2 Å². The molecular weight excluding hydrogens is 226 g/mol.